The third-order valence-corrected chi connectivity index (χ3v) is 4.99. The Balaban J connectivity index is 1.92. The fourth-order valence-electron chi connectivity index (χ4n) is 3.78. The average molecular weight is 282 g/mol. The van der Waals surface area contributed by atoms with Crippen LogP contribution in [0.2, 0.25) is 0 Å². The number of hydrogen-bond donors (Lipinski definition) is 1. The lowest BCUT2D eigenvalue weighted by Gasteiger charge is -2.35. The highest BCUT2D eigenvalue weighted by atomic mass is 14.9. The van der Waals surface area contributed by atoms with E-state index >= 15 is 0 Å². The SMILES string of the molecule is Cc1ccc(NC2CCCCC2C(C)C)c2cccnc12. The van der Waals surface area contributed by atoms with Crippen molar-refractivity contribution in [2.24, 2.45) is 11.8 Å². The summed E-state index contributed by atoms with van der Waals surface area (Å²) in [5.74, 6) is 1.53. The average Bonchev–Trinajstić information content (AvgIpc) is 2.51. The summed E-state index contributed by atoms with van der Waals surface area (Å²) in [4.78, 5) is 4.55. The molecule has 2 aromatic rings. The van der Waals surface area contributed by atoms with Crippen molar-refractivity contribution in [3.05, 3.63) is 36.0 Å². The summed E-state index contributed by atoms with van der Waals surface area (Å²) < 4.78 is 0. The Labute approximate surface area is 128 Å². The van der Waals surface area contributed by atoms with Crippen LogP contribution in [0.5, 0.6) is 0 Å². The summed E-state index contributed by atoms with van der Waals surface area (Å²) >= 11 is 0. The number of nitrogens with one attached hydrogen (secondary N) is 1. The summed E-state index contributed by atoms with van der Waals surface area (Å²) in [5, 5.41) is 5.10. The van der Waals surface area contributed by atoms with Crippen LogP contribution in [0.1, 0.15) is 45.1 Å². The van der Waals surface area contributed by atoms with E-state index in [-0.39, 0.29) is 0 Å². The summed E-state index contributed by atoms with van der Waals surface area (Å²) in [5.41, 5.74) is 3.63. The molecule has 2 atom stereocenters. The van der Waals surface area contributed by atoms with Gasteiger partial charge in [-0.2, -0.15) is 0 Å². The highest BCUT2D eigenvalue weighted by Gasteiger charge is 2.27. The molecular formula is C19H26N2. The first-order valence-corrected chi connectivity index (χ1v) is 8.27. The van der Waals surface area contributed by atoms with Crippen LogP contribution in [0, 0.1) is 18.8 Å². The third kappa shape index (κ3) is 2.90. The quantitative estimate of drug-likeness (QED) is 0.840. The van der Waals surface area contributed by atoms with E-state index in [1.165, 1.54) is 42.3 Å². The predicted molar refractivity (Wildman–Crippen MR) is 90.7 cm³/mol. The fraction of sp³-hybridized carbons (Fsp3) is 0.526. The first-order valence-electron chi connectivity index (χ1n) is 8.27. The molecule has 1 N–H and O–H groups in total. The zero-order valence-electron chi connectivity index (χ0n) is 13.4. The van der Waals surface area contributed by atoms with Gasteiger partial charge in [-0.3, -0.25) is 4.98 Å². The van der Waals surface area contributed by atoms with Gasteiger partial charge in [0.15, 0.2) is 0 Å². The van der Waals surface area contributed by atoms with Crippen LogP contribution < -0.4 is 5.32 Å². The molecule has 0 radical (unpaired) electrons. The molecule has 1 aliphatic carbocycles. The van der Waals surface area contributed by atoms with Gasteiger partial charge in [-0.15, -0.1) is 0 Å². The molecule has 3 rings (SSSR count). The first-order chi connectivity index (χ1) is 10.2. The third-order valence-electron chi connectivity index (χ3n) is 4.99. The molecule has 2 heteroatoms. The van der Waals surface area contributed by atoms with Crippen molar-refractivity contribution in [2.75, 3.05) is 5.32 Å². The summed E-state index contributed by atoms with van der Waals surface area (Å²) in [6.07, 6.45) is 7.27. The zero-order valence-corrected chi connectivity index (χ0v) is 13.4. The van der Waals surface area contributed by atoms with Gasteiger partial charge in [0, 0.05) is 23.3 Å². The second-order valence-electron chi connectivity index (χ2n) is 6.77. The first kappa shape index (κ1) is 14.4. The molecule has 0 amide bonds. The number of hydrogen-bond acceptors (Lipinski definition) is 2. The molecule has 1 aromatic carbocycles. The number of nitrogens with zero attached hydrogens (tertiary/aromatic N) is 1. The summed E-state index contributed by atoms with van der Waals surface area (Å²) in [7, 11) is 0. The van der Waals surface area contributed by atoms with E-state index in [4.69, 9.17) is 0 Å². The normalized spacial score (nSPS) is 22.7. The maximum Gasteiger partial charge on any atom is 0.0751 e. The largest absolute Gasteiger partial charge is 0.381 e. The lowest BCUT2D eigenvalue weighted by Crippen LogP contribution is -2.35. The van der Waals surface area contributed by atoms with Gasteiger partial charge in [0.25, 0.3) is 0 Å². The van der Waals surface area contributed by atoms with Gasteiger partial charge in [-0.1, -0.05) is 32.8 Å². The standard InChI is InChI=1S/C19H26N2/c1-13(2)15-7-4-5-9-17(15)21-18-11-10-14(3)19-16(18)8-6-12-20-19/h6,8,10-13,15,17,21H,4-5,7,9H2,1-3H3. The van der Waals surface area contributed by atoms with Gasteiger partial charge in [0.1, 0.15) is 0 Å². The van der Waals surface area contributed by atoms with Crippen LogP contribution in [-0.2, 0) is 0 Å². The molecule has 1 aliphatic rings. The van der Waals surface area contributed by atoms with Crippen LogP contribution in [0.25, 0.3) is 10.9 Å². The highest BCUT2D eigenvalue weighted by Crippen LogP contribution is 2.34. The van der Waals surface area contributed by atoms with Crippen LogP contribution >= 0.6 is 0 Å². The van der Waals surface area contributed by atoms with Crippen molar-refractivity contribution in [3.8, 4) is 0 Å². The minimum atomic E-state index is 0.602. The minimum absolute atomic E-state index is 0.602. The Morgan fingerprint density at radius 1 is 1.14 bits per heavy atom. The molecule has 1 aromatic heterocycles. The number of fused-ring (bicyclic) bond motifs is 1. The Bertz CT molecular complexity index is 618. The van der Waals surface area contributed by atoms with E-state index in [9.17, 15) is 0 Å². The van der Waals surface area contributed by atoms with Gasteiger partial charge in [0.2, 0.25) is 0 Å². The van der Waals surface area contributed by atoms with Crippen molar-refractivity contribution >= 4 is 16.6 Å². The number of aryl methyl sites for hydroxylation is 1. The number of pyridine rings is 1. The maximum absolute atomic E-state index is 4.55. The molecular weight excluding hydrogens is 256 g/mol. The van der Waals surface area contributed by atoms with Gasteiger partial charge in [0.05, 0.1) is 5.52 Å². The van der Waals surface area contributed by atoms with E-state index in [1.54, 1.807) is 0 Å². The van der Waals surface area contributed by atoms with Crippen LogP contribution in [-0.4, -0.2) is 11.0 Å². The van der Waals surface area contributed by atoms with Crippen LogP contribution in [0.3, 0.4) is 0 Å². The van der Waals surface area contributed by atoms with Crippen molar-refractivity contribution in [3.63, 3.8) is 0 Å². The Hall–Kier alpha value is -1.57. The van der Waals surface area contributed by atoms with Gasteiger partial charge in [-0.05, 0) is 55.4 Å². The number of benzene rings is 1. The Morgan fingerprint density at radius 2 is 1.95 bits per heavy atom. The topological polar surface area (TPSA) is 24.9 Å². The molecule has 1 saturated carbocycles. The molecule has 21 heavy (non-hydrogen) atoms. The number of anilines is 1. The molecule has 0 aliphatic heterocycles. The summed E-state index contributed by atoms with van der Waals surface area (Å²) in [6, 6.07) is 9.24. The lowest BCUT2D eigenvalue weighted by molar-refractivity contribution is 0.254. The molecule has 0 spiro atoms. The molecule has 2 nitrogen and oxygen atoms in total. The van der Waals surface area contributed by atoms with Crippen LogP contribution in [0.4, 0.5) is 5.69 Å². The van der Waals surface area contributed by atoms with Gasteiger partial charge in [-0.25, -0.2) is 0 Å². The monoisotopic (exact) mass is 282 g/mol. The van der Waals surface area contributed by atoms with Crippen LogP contribution in [0.15, 0.2) is 30.5 Å². The molecule has 112 valence electrons. The molecule has 1 heterocycles. The molecule has 0 bridgehead atoms. The minimum Gasteiger partial charge on any atom is -0.381 e. The number of aromatic nitrogens is 1. The molecule has 1 fully saturated rings. The van der Waals surface area contributed by atoms with Gasteiger partial charge < -0.3 is 5.32 Å². The molecule has 2 unspecified atom stereocenters. The van der Waals surface area contributed by atoms with E-state index in [1.807, 2.05) is 12.3 Å². The molecule has 0 saturated heterocycles. The van der Waals surface area contributed by atoms with E-state index < -0.39 is 0 Å². The van der Waals surface area contributed by atoms with Crippen molar-refractivity contribution in [1.82, 2.24) is 4.98 Å². The van der Waals surface area contributed by atoms with Gasteiger partial charge >= 0.3 is 0 Å². The predicted octanol–water partition coefficient (Wildman–Crippen LogP) is 5.17. The smallest absolute Gasteiger partial charge is 0.0751 e. The van der Waals surface area contributed by atoms with E-state index in [2.05, 4.69) is 49.3 Å². The highest BCUT2D eigenvalue weighted by molar-refractivity contribution is 5.93. The van der Waals surface area contributed by atoms with E-state index in [0.29, 0.717) is 6.04 Å². The Morgan fingerprint density at radius 3 is 2.76 bits per heavy atom. The maximum atomic E-state index is 4.55. The van der Waals surface area contributed by atoms with E-state index in [0.717, 1.165) is 17.4 Å². The fourth-order valence-corrected chi connectivity index (χ4v) is 3.78. The van der Waals surface area contributed by atoms with Crippen molar-refractivity contribution < 1.29 is 0 Å². The lowest BCUT2D eigenvalue weighted by atomic mass is 9.77. The Kier molecular flexibility index (Phi) is 4.14. The van der Waals surface area contributed by atoms with Crippen molar-refractivity contribution in [1.29, 1.82) is 0 Å². The zero-order chi connectivity index (χ0) is 14.8. The summed E-state index contributed by atoms with van der Waals surface area (Å²) in [6.45, 7) is 6.86. The second-order valence-corrected chi connectivity index (χ2v) is 6.77. The van der Waals surface area contributed by atoms with Crippen molar-refractivity contribution in [2.45, 2.75) is 52.5 Å². The second kappa shape index (κ2) is 6.05. The number of rotatable bonds is 3.